The van der Waals surface area contributed by atoms with Crippen molar-refractivity contribution in [1.82, 2.24) is 5.32 Å². The number of alkyl halides is 1. The van der Waals surface area contributed by atoms with Crippen LogP contribution < -0.4 is 5.32 Å². The lowest BCUT2D eigenvalue weighted by Crippen LogP contribution is -2.26. The molecule has 1 unspecified atom stereocenters. The molecule has 1 amide bonds. The molecule has 0 saturated heterocycles. The molecule has 0 aliphatic rings. The van der Waals surface area contributed by atoms with Crippen LogP contribution in [0.3, 0.4) is 0 Å². The molecule has 7 heteroatoms. The Morgan fingerprint density at radius 1 is 1.56 bits per heavy atom. The van der Waals surface area contributed by atoms with Crippen LogP contribution in [0.15, 0.2) is 18.2 Å². The average Bonchev–Trinajstić information content (AvgIpc) is 2.28. The quantitative estimate of drug-likeness (QED) is 0.515. The van der Waals surface area contributed by atoms with E-state index in [2.05, 4.69) is 5.32 Å². The van der Waals surface area contributed by atoms with Gasteiger partial charge in [0.2, 0.25) is 0 Å². The van der Waals surface area contributed by atoms with Crippen molar-refractivity contribution in [2.45, 2.75) is 18.7 Å². The fraction of sp³-hybridized carbons (Fsp3) is 0.364. The van der Waals surface area contributed by atoms with Crippen molar-refractivity contribution in [3.63, 3.8) is 0 Å². The van der Waals surface area contributed by atoms with Gasteiger partial charge in [0.25, 0.3) is 11.6 Å². The molecule has 5 nitrogen and oxygen atoms in total. The van der Waals surface area contributed by atoms with Crippen molar-refractivity contribution in [3.05, 3.63) is 38.9 Å². The highest BCUT2D eigenvalue weighted by Crippen LogP contribution is 2.23. The summed E-state index contributed by atoms with van der Waals surface area (Å²) in [5.74, 6) is -0.504. The summed E-state index contributed by atoms with van der Waals surface area (Å²) >= 11 is 11.4. The molecule has 0 aromatic heterocycles. The molecule has 0 aliphatic heterocycles. The molecular weight excluding hydrogens is 279 g/mol. The molecule has 0 saturated carbocycles. The maximum Gasteiger partial charge on any atom is 0.283 e. The van der Waals surface area contributed by atoms with Crippen LogP contribution in [0.4, 0.5) is 5.69 Å². The number of nitrogens with zero attached hydrogens (tertiary/aromatic N) is 1. The third kappa shape index (κ3) is 4.16. The van der Waals surface area contributed by atoms with Crippen LogP contribution in [0.2, 0.25) is 5.02 Å². The Morgan fingerprint density at radius 2 is 2.22 bits per heavy atom. The fourth-order valence-corrected chi connectivity index (χ4v) is 1.60. The number of benzene rings is 1. The first-order valence-electron chi connectivity index (χ1n) is 5.28. The summed E-state index contributed by atoms with van der Waals surface area (Å²) in [6, 6.07) is 3.92. The predicted molar refractivity (Wildman–Crippen MR) is 70.4 cm³/mol. The lowest BCUT2D eigenvalue weighted by molar-refractivity contribution is -0.385. The summed E-state index contributed by atoms with van der Waals surface area (Å²) in [6.45, 7) is 2.17. The summed E-state index contributed by atoms with van der Waals surface area (Å²) in [5.41, 5.74) is -0.314. The number of carbonyl (C=O) groups is 1. The van der Waals surface area contributed by atoms with Gasteiger partial charge in [-0.05, 0) is 25.5 Å². The van der Waals surface area contributed by atoms with Crippen molar-refractivity contribution in [2.75, 3.05) is 6.54 Å². The van der Waals surface area contributed by atoms with Gasteiger partial charge in [0.15, 0.2) is 0 Å². The lowest BCUT2D eigenvalue weighted by Gasteiger charge is -2.06. The minimum Gasteiger partial charge on any atom is -0.352 e. The summed E-state index contributed by atoms with van der Waals surface area (Å²) in [4.78, 5) is 21.9. The van der Waals surface area contributed by atoms with E-state index in [1.807, 2.05) is 0 Å². The van der Waals surface area contributed by atoms with Crippen molar-refractivity contribution >= 4 is 34.8 Å². The molecule has 1 aromatic rings. The Hall–Kier alpha value is -1.33. The summed E-state index contributed by atoms with van der Waals surface area (Å²) in [7, 11) is 0. The van der Waals surface area contributed by atoms with E-state index in [4.69, 9.17) is 23.2 Å². The Morgan fingerprint density at radius 3 is 2.78 bits per heavy atom. The van der Waals surface area contributed by atoms with Gasteiger partial charge in [-0.3, -0.25) is 14.9 Å². The lowest BCUT2D eigenvalue weighted by atomic mass is 10.1. The number of hydrogen-bond acceptors (Lipinski definition) is 3. The third-order valence-electron chi connectivity index (χ3n) is 2.23. The van der Waals surface area contributed by atoms with Crippen LogP contribution in [0.25, 0.3) is 0 Å². The normalized spacial score (nSPS) is 11.9. The molecule has 0 radical (unpaired) electrons. The molecule has 0 aliphatic carbocycles. The standard InChI is InChI=1S/C11H12Cl2N2O3/c1-7(12)4-5-14-11(16)9-3-2-8(13)6-10(9)15(17)18/h2-3,6-7H,4-5H2,1H3,(H,14,16). The van der Waals surface area contributed by atoms with Gasteiger partial charge in [0.05, 0.1) is 4.92 Å². The number of nitro groups is 1. The van der Waals surface area contributed by atoms with Gasteiger partial charge in [0.1, 0.15) is 5.56 Å². The minimum atomic E-state index is -0.634. The molecule has 1 aromatic carbocycles. The number of amides is 1. The fourth-order valence-electron chi connectivity index (χ4n) is 1.33. The SMILES string of the molecule is CC(Cl)CCNC(=O)c1ccc(Cl)cc1[N+](=O)[O-]. The molecule has 98 valence electrons. The molecule has 0 spiro atoms. The minimum absolute atomic E-state index is 0.00775. The van der Waals surface area contributed by atoms with Crippen molar-refractivity contribution in [1.29, 1.82) is 0 Å². The van der Waals surface area contributed by atoms with Gasteiger partial charge in [-0.25, -0.2) is 0 Å². The molecule has 1 N–H and O–H groups in total. The topological polar surface area (TPSA) is 72.2 Å². The molecule has 0 bridgehead atoms. The van der Waals surface area contributed by atoms with E-state index in [0.29, 0.717) is 13.0 Å². The van der Waals surface area contributed by atoms with Gasteiger partial charge in [-0.2, -0.15) is 0 Å². The maximum absolute atomic E-state index is 11.8. The Labute approximate surface area is 114 Å². The van der Waals surface area contributed by atoms with Crippen LogP contribution >= 0.6 is 23.2 Å². The number of nitrogens with one attached hydrogen (secondary N) is 1. The highest BCUT2D eigenvalue weighted by atomic mass is 35.5. The van der Waals surface area contributed by atoms with E-state index < -0.39 is 10.8 Å². The van der Waals surface area contributed by atoms with Gasteiger partial charge in [-0.1, -0.05) is 11.6 Å². The Balaban J connectivity index is 2.82. The first-order valence-corrected chi connectivity index (χ1v) is 6.09. The van der Waals surface area contributed by atoms with Crippen molar-refractivity contribution in [2.24, 2.45) is 0 Å². The average molecular weight is 291 g/mol. The number of rotatable bonds is 5. The first kappa shape index (κ1) is 14.7. The second-order valence-corrected chi connectivity index (χ2v) is 4.93. The summed E-state index contributed by atoms with van der Waals surface area (Å²) in [5, 5.41) is 13.5. The monoisotopic (exact) mass is 290 g/mol. The zero-order valence-electron chi connectivity index (χ0n) is 9.65. The van der Waals surface area contributed by atoms with Crippen LogP contribution in [-0.4, -0.2) is 22.8 Å². The summed E-state index contributed by atoms with van der Waals surface area (Å²) in [6.07, 6.45) is 0.592. The van der Waals surface area contributed by atoms with Crippen LogP contribution in [0.1, 0.15) is 23.7 Å². The highest BCUT2D eigenvalue weighted by Gasteiger charge is 2.20. The highest BCUT2D eigenvalue weighted by molar-refractivity contribution is 6.31. The van der Waals surface area contributed by atoms with E-state index >= 15 is 0 Å². The zero-order chi connectivity index (χ0) is 13.7. The number of nitro benzene ring substituents is 1. The van der Waals surface area contributed by atoms with Gasteiger partial charge >= 0.3 is 0 Å². The molecule has 1 rings (SSSR count). The smallest absolute Gasteiger partial charge is 0.283 e. The molecule has 1 atom stereocenters. The Kier molecular flexibility index (Phi) is 5.37. The first-order chi connectivity index (χ1) is 8.41. The maximum atomic E-state index is 11.8. The molecular formula is C11H12Cl2N2O3. The number of carbonyl (C=O) groups excluding carboxylic acids is 1. The Bertz CT molecular complexity index is 464. The van der Waals surface area contributed by atoms with E-state index in [1.165, 1.54) is 12.1 Å². The zero-order valence-corrected chi connectivity index (χ0v) is 11.2. The van der Waals surface area contributed by atoms with Crippen molar-refractivity contribution < 1.29 is 9.72 Å². The predicted octanol–water partition coefficient (Wildman–Crippen LogP) is 3.00. The second-order valence-electron chi connectivity index (χ2n) is 3.74. The van der Waals surface area contributed by atoms with E-state index in [-0.39, 0.29) is 21.7 Å². The molecule has 0 fully saturated rings. The second kappa shape index (κ2) is 6.56. The van der Waals surface area contributed by atoms with E-state index in [0.717, 1.165) is 6.07 Å². The van der Waals surface area contributed by atoms with Gasteiger partial charge < -0.3 is 5.32 Å². The van der Waals surface area contributed by atoms with Crippen LogP contribution in [-0.2, 0) is 0 Å². The third-order valence-corrected chi connectivity index (χ3v) is 2.68. The largest absolute Gasteiger partial charge is 0.352 e. The van der Waals surface area contributed by atoms with E-state index in [9.17, 15) is 14.9 Å². The van der Waals surface area contributed by atoms with Gasteiger partial charge in [0, 0.05) is 23.0 Å². The molecule has 0 heterocycles. The number of hydrogen-bond donors (Lipinski definition) is 1. The van der Waals surface area contributed by atoms with Crippen LogP contribution in [0, 0.1) is 10.1 Å². The van der Waals surface area contributed by atoms with Crippen LogP contribution in [0.5, 0.6) is 0 Å². The van der Waals surface area contributed by atoms with E-state index in [1.54, 1.807) is 6.92 Å². The molecule has 18 heavy (non-hydrogen) atoms. The van der Waals surface area contributed by atoms with Gasteiger partial charge in [-0.15, -0.1) is 11.6 Å². The summed E-state index contributed by atoms with van der Waals surface area (Å²) < 4.78 is 0. The number of halogens is 2. The van der Waals surface area contributed by atoms with Crippen molar-refractivity contribution in [3.8, 4) is 0 Å².